The molecule has 116 valence electrons. The van der Waals surface area contributed by atoms with Crippen LogP contribution in [0, 0.1) is 0 Å². The van der Waals surface area contributed by atoms with Gasteiger partial charge in [0.05, 0.1) is 13.7 Å². The second kappa shape index (κ2) is 8.56. The van der Waals surface area contributed by atoms with Crippen LogP contribution in [-0.2, 0) is 11.2 Å². The number of anilines is 1. The van der Waals surface area contributed by atoms with E-state index < -0.39 is 0 Å². The highest BCUT2D eigenvalue weighted by Gasteiger charge is 2.04. The summed E-state index contributed by atoms with van der Waals surface area (Å²) in [6.45, 7) is 0.999. The average Bonchev–Trinajstić information content (AvgIpc) is 2.54. The van der Waals surface area contributed by atoms with Crippen molar-refractivity contribution in [2.75, 3.05) is 25.5 Å². The van der Waals surface area contributed by atoms with Gasteiger partial charge in [-0.2, -0.15) is 0 Å². The molecular weight excluding hydrogens is 344 g/mol. The Hall–Kier alpha value is -1.85. The van der Waals surface area contributed by atoms with Gasteiger partial charge in [0.25, 0.3) is 0 Å². The predicted octanol–water partition coefficient (Wildman–Crippen LogP) is 3.23. The van der Waals surface area contributed by atoms with Gasteiger partial charge in [-0.05, 0) is 48.9 Å². The van der Waals surface area contributed by atoms with Crippen molar-refractivity contribution in [3.8, 4) is 5.75 Å². The fraction of sp³-hybridized carbons (Fsp3) is 0.235. The fourth-order valence-electron chi connectivity index (χ4n) is 2.07. The molecule has 0 aliphatic carbocycles. The van der Waals surface area contributed by atoms with E-state index in [-0.39, 0.29) is 12.5 Å². The number of halogens is 1. The molecule has 0 atom stereocenters. The number of amides is 1. The zero-order chi connectivity index (χ0) is 15.8. The monoisotopic (exact) mass is 362 g/mol. The Bertz CT molecular complexity index is 614. The summed E-state index contributed by atoms with van der Waals surface area (Å²) in [5.74, 6) is 0.825. The molecule has 1 amide bonds. The second-order valence-electron chi connectivity index (χ2n) is 4.79. The summed E-state index contributed by atoms with van der Waals surface area (Å²) in [6.07, 6.45) is 0.815. The number of hydrogen-bond donors (Lipinski definition) is 2. The molecule has 5 heteroatoms. The molecule has 0 heterocycles. The highest BCUT2D eigenvalue weighted by atomic mass is 79.9. The van der Waals surface area contributed by atoms with Gasteiger partial charge in [-0.25, -0.2) is 0 Å². The molecule has 2 N–H and O–H groups in total. The number of rotatable bonds is 7. The minimum absolute atomic E-state index is 0.0534. The number of para-hydroxylation sites is 1. The maximum Gasteiger partial charge on any atom is 0.238 e. The quantitative estimate of drug-likeness (QED) is 0.743. The minimum atomic E-state index is -0.0534. The first-order chi connectivity index (χ1) is 10.7. The van der Waals surface area contributed by atoms with Crippen LogP contribution >= 0.6 is 15.9 Å². The molecule has 2 rings (SSSR count). The molecule has 4 nitrogen and oxygen atoms in total. The number of methoxy groups -OCH3 is 1. The third-order valence-corrected chi connectivity index (χ3v) is 3.71. The van der Waals surface area contributed by atoms with Gasteiger partial charge < -0.3 is 15.4 Å². The maximum absolute atomic E-state index is 11.8. The van der Waals surface area contributed by atoms with Crippen LogP contribution in [0.15, 0.2) is 53.0 Å². The van der Waals surface area contributed by atoms with Crippen LogP contribution in [-0.4, -0.2) is 26.1 Å². The lowest BCUT2D eigenvalue weighted by atomic mass is 10.1. The lowest BCUT2D eigenvalue weighted by molar-refractivity contribution is -0.115. The van der Waals surface area contributed by atoms with Crippen LogP contribution in [0.4, 0.5) is 5.69 Å². The Morgan fingerprint density at radius 2 is 1.86 bits per heavy atom. The lowest BCUT2D eigenvalue weighted by Gasteiger charge is -2.09. The Labute approximate surface area is 139 Å². The first-order valence-corrected chi connectivity index (χ1v) is 7.86. The van der Waals surface area contributed by atoms with Crippen LogP contribution < -0.4 is 15.4 Å². The predicted molar refractivity (Wildman–Crippen MR) is 92.3 cm³/mol. The van der Waals surface area contributed by atoms with E-state index in [0.29, 0.717) is 6.54 Å². The zero-order valence-electron chi connectivity index (χ0n) is 12.4. The van der Waals surface area contributed by atoms with Gasteiger partial charge in [0.2, 0.25) is 5.91 Å². The van der Waals surface area contributed by atoms with Crippen molar-refractivity contribution in [2.45, 2.75) is 6.42 Å². The van der Waals surface area contributed by atoms with E-state index in [1.165, 1.54) is 0 Å². The van der Waals surface area contributed by atoms with Gasteiger partial charge in [0.1, 0.15) is 5.75 Å². The van der Waals surface area contributed by atoms with E-state index in [1.807, 2.05) is 48.5 Å². The van der Waals surface area contributed by atoms with Crippen LogP contribution in [0.1, 0.15) is 5.56 Å². The van der Waals surface area contributed by atoms with E-state index in [4.69, 9.17) is 4.74 Å². The number of nitrogens with one attached hydrogen (secondary N) is 2. The molecule has 0 bridgehead atoms. The highest BCUT2D eigenvalue weighted by Crippen LogP contribution is 2.17. The molecule has 0 saturated carbocycles. The summed E-state index contributed by atoms with van der Waals surface area (Å²) in [7, 11) is 1.66. The van der Waals surface area contributed by atoms with Gasteiger partial charge >= 0.3 is 0 Å². The molecule has 2 aromatic carbocycles. The van der Waals surface area contributed by atoms with Crippen LogP contribution in [0.25, 0.3) is 0 Å². The smallest absolute Gasteiger partial charge is 0.238 e. The largest absolute Gasteiger partial charge is 0.496 e. The molecule has 0 aliphatic heterocycles. The number of hydrogen-bond acceptors (Lipinski definition) is 3. The lowest BCUT2D eigenvalue weighted by Crippen LogP contribution is -2.29. The van der Waals surface area contributed by atoms with Gasteiger partial charge in [0, 0.05) is 10.2 Å². The zero-order valence-corrected chi connectivity index (χ0v) is 14.0. The van der Waals surface area contributed by atoms with Gasteiger partial charge in [-0.1, -0.05) is 34.1 Å². The van der Waals surface area contributed by atoms with E-state index >= 15 is 0 Å². The average molecular weight is 363 g/mol. The second-order valence-corrected chi connectivity index (χ2v) is 5.71. The molecular formula is C17H19BrN2O2. The Morgan fingerprint density at radius 1 is 1.14 bits per heavy atom. The number of carbonyl (C=O) groups excluding carboxylic acids is 1. The van der Waals surface area contributed by atoms with E-state index in [1.54, 1.807) is 7.11 Å². The van der Waals surface area contributed by atoms with Crippen molar-refractivity contribution in [3.05, 3.63) is 58.6 Å². The van der Waals surface area contributed by atoms with Crippen molar-refractivity contribution in [1.82, 2.24) is 5.32 Å². The van der Waals surface area contributed by atoms with Crippen molar-refractivity contribution in [1.29, 1.82) is 0 Å². The molecule has 0 aliphatic rings. The van der Waals surface area contributed by atoms with Gasteiger partial charge in [-0.3, -0.25) is 4.79 Å². The van der Waals surface area contributed by atoms with Crippen LogP contribution in [0.3, 0.4) is 0 Å². The fourth-order valence-corrected chi connectivity index (χ4v) is 2.34. The van der Waals surface area contributed by atoms with Crippen molar-refractivity contribution in [3.63, 3.8) is 0 Å². The third kappa shape index (κ3) is 5.16. The topological polar surface area (TPSA) is 50.4 Å². The maximum atomic E-state index is 11.8. The van der Waals surface area contributed by atoms with Crippen LogP contribution in [0.5, 0.6) is 5.75 Å². The number of ether oxygens (including phenoxy) is 1. The van der Waals surface area contributed by atoms with Crippen LogP contribution in [0.2, 0.25) is 0 Å². The van der Waals surface area contributed by atoms with E-state index in [9.17, 15) is 4.79 Å². The summed E-state index contributed by atoms with van der Waals surface area (Å²) < 4.78 is 6.29. The Kier molecular flexibility index (Phi) is 6.43. The summed E-state index contributed by atoms with van der Waals surface area (Å²) >= 11 is 3.36. The normalized spacial score (nSPS) is 10.3. The summed E-state index contributed by atoms with van der Waals surface area (Å²) in [5, 5.41) is 5.98. The Morgan fingerprint density at radius 3 is 2.59 bits per heavy atom. The molecule has 22 heavy (non-hydrogen) atoms. The molecule has 0 saturated heterocycles. The Balaban J connectivity index is 1.72. The highest BCUT2D eigenvalue weighted by molar-refractivity contribution is 9.10. The summed E-state index contributed by atoms with van der Waals surface area (Å²) in [4.78, 5) is 11.8. The summed E-state index contributed by atoms with van der Waals surface area (Å²) in [5.41, 5.74) is 1.92. The first kappa shape index (κ1) is 16.5. The van der Waals surface area contributed by atoms with Crippen molar-refractivity contribution in [2.24, 2.45) is 0 Å². The third-order valence-electron chi connectivity index (χ3n) is 3.18. The molecule has 0 unspecified atom stereocenters. The summed E-state index contributed by atoms with van der Waals surface area (Å²) in [6, 6.07) is 15.4. The van der Waals surface area contributed by atoms with Gasteiger partial charge in [0.15, 0.2) is 0 Å². The molecule has 0 fully saturated rings. The van der Waals surface area contributed by atoms with Gasteiger partial charge in [-0.15, -0.1) is 0 Å². The number of benzene rings is 2. The molecule has 0 radical (unpaired) electrons. The molecule has 0 spiro atoms. The van der Waals surface area contributed by atoms with Crippen molar-refractivity contribution >= 4 is 27.5 Å². The SMILES string of the molecule is COc1ccccc1CCNCC(=O)Nc1ccc(Br)cc1. The molecule has 0 aromatic heterocycles. The standard InChI is InChI=1S/C17H19BrN2O2/c1-22-16-5-3-2-4-13(16)10-11-19-12-17(21)20-15-8-6-14(18)7-9-15/h2-9,19H,10-12H2,1H3,(H,20,21). The van der Waals surface area contributed by atoms with Crippen molar-refractivity contribution < 1.29 is 9.53 Å². The minimum Gasteiger partial charge on any atom is -0.496 e. The van der Waals surface area contributed by atoms with E-state index in [0.717, 1.165) is 27.9 Å². The number of carbonyl (C=O) groups is 1. The molecule has 2 aromatic rings. The first-order valence-electron chi connectivity index (χ1n) is 7.07. The van der Waals surface area contributed by atoms with E-state index in [2.05, 4.69) is 26.6 Å².